The zero-order chi connectivity index (χ0) is 14.1. The quantitative estimate of drug-likeness (QED) is 0.716. The van der Waals surface area contributed by atoms with Crippen molar-refractivity contribution in [3.05, 3.63) is 35.9 Å². The maximum absolute atomic E-state index is 12.4. The topological polar surface area (TPSA) is 44.4 Å². The van der Waals surface area contributed by atoms with Crippen LogP contribution in [0, 0.1) is 0 Å². The Hall–Kier alpha value is -0.810. The van der Waals surface area contributed by atoms with Gasteiger partial charge in [-0.1, -0.05) is 44.2 Å². The Morgan fingerprint density at radius 2 is 1.67 bits per heavy atom. The lowest BCUT2D eigenvalue weighted by atomic mass is 10.0. The van der Waals surface area contributed by atoms with E-state index in [4.69, 9.17) is 0 Å². The van der Waals surface area contributed by atoms with Crippen molar-refractivity contribution in [2.24, 2.45) is 0 Å². The van der Waals surface area contributed by atoms with Gasteiger partial charge in [-0.2, -0.15) is 0 Å². The molecule has 0 fully saturated rings. The van der Waals surface area contributed by atoms with Crippen LogP contribution in [0.2, 0.25) is 0 Å². The Balaban J connectivity index is 0. The van der Waals surface area contributed by atoms with Crippen molar-refractivity contribution in [3.8, 4) is 0 Å². The molecule has 0 aliphatic carbocycles. The van der Waals surface area contributed by atoms with Gasteiger partial charge in [0.15, 0.2) is 0 Å². The highest BCUT2D eigenvalue weighted by atomic mass is 35.5. The standard InChI is InChI=1S/C15H25N3O.2ClH/c1-4-18(5-2)14(13-9-7-6-8-10-13)15(19)17-12-11-16-3;;/h6-10,14,16H,4-5,11-12H2,1-3H3,(H,17,19);2*1H. The van der Waals surface area contributed by atoms with Crippen molar-refractivity contribution < 1.29 is 4.79 Å². The lowest BCUT2D eigenvalue weighted by Gasteiger charge is -2.29. The Labute approximate surface area is 140 Å². The van der Waals surface area contributed by atoms with Gasteiger partial charge in [-0.05, 0) is 25.7 Å². The number of benzene rings is 1. The third-order valence-electron chi connectivity index (χ3n) is 3.22. The summed E-state index contributed by atoms with van der Waals surface area (Å²) in [7, 11) is 1.88. The molecule has 122 valence electrons. The molecule has 6 heteroatoms. The van der Waals surface area contributed by atoms with Gasteiger partial charge in [-0.15, -0.1) is 24.8 Å². The molecular weight excluding hydrogens is 309 g/mol. The predicted octanol–water partition coefficient (Wildman–Crippen LogP) is 2.25. The van der Waals surface area contributed by atoms with Gasteiger partial charge in [0.25, 0.3) is 0 Å². The highest BCUT2D eigenvalue weighted by Crippen LogP contribution is 2.20. The first-order chi connectivity index (χ1) is 9.24. The smallest absolute Gasteiger partial charge is 0.242 e. The van der Waals surface area contributed by atoms with E-state index in [9.17, 15) is 4.79 Å². The van der Waals surface area contributed by atoms with Crippen LogP contribution in [-0.4, -0.2) is 44.0 Å². The Bertz CT molecular complexity index is 372. The molecule has 1 amide bonds. The van der Waals surface area contributed by atoms with Crippen molar-refractivity contribution in [3.63, 3.8) is 0 Å². The number of carbonyl (C=O) groups excluding carboxylic acids is 1. The third-order valence-corrected chi connectivity index (χ3v) is 3.22. The van der Waals surface area contributed by atoms with Crippen molar-refractivity contribution in [1.82, 2.24) is 15.5 Å². The molecule has 0 saturated carbocycles. The Kier molecular flexibility index (Phi) is 13.8. The predicted molar refractivity (Wildman–Crippen MR) is 93.5 cm³/mol. The number of amides is 1. The molecule has 0 heterocycles. The van der Waals surface area contributed by atoms with Gasteiger partial charge in [0.2, 0.25) is 5.91 Å². The largest absolute Gasteiger partial charge is 0.353 e. The molecule has 1 unspecified atom stereocenters. The number of halogens is 2. The van der Waals surface area contributed by atoms with Gasteiger partial charge in [0, 0.05) is 13.1 Å². The minimum absolute atomic E-state index is 0. The van der Waals surface area contributed by atoms with Crippen LogP contribution in [0.3, 0.4) is 0 Å². The summed E-state index contributed by atoms with van der Waals surface area (Å²) in [5, 5.41) is 6.02. The van der Waals surface area contributed by atoms with Crippen molar-refractivity contribution in [2.75, 3.05) is 33.2 Å². The monoisotopic (exact) mass is 335 g/mol. The van der Waals surface area contributed by atoms with Gasteiger partial charge in [-0.3, -0.25) is 9.69 Å². The highest BCUT2D eigenvalue weighted by molar-refractivity contribution is 5.85. The lowest BCUT2D eigenvalue weighted by Crippen LogP contribution is -2.42. The van der Waals surface area contributed by atoms with Crippen molar-refractivity contribution >= 4 is 30.7 Å². The van der Waals surface area contributed by atoms with E-state index in [2.05, 4.69) is 29.4 Å². The summed E-state index contributed by atoms with van der Waals surface area (Å²) in [5.41, 5.74) is 1.05. The first-order valence-electron chi connectivity index (χ1n) is 6.95. The van der Waals surface area contributed by atoms with E-state index >= 15 is 0 Å². The number of carbonyl (C=O) groups is 1. The lowest BCUT2D eigenvalue weighted by molar-refractivity contribution is -0.126. The number of nitrogens with one attached hydrogen (secondary N) is 2. The number of likely N-dealkylation sites (N-methyl/N-ethyl adjacent to an activating group) is 2. The van der Waals surface area contributed by atoms with Gasteiger partial charge in [-0.25, -0.2) is 0 Å². The summed E-state index contributed by atoms with van der Waals surface area (Å²) in [6.45, 7) is 7.32. The van der Waals surface area contributed by atoms with E-state index in [1.807, 2.05) is 37.4 Å². The summed E-state index contributed by atoms with van der Waals surface area (Å²) in [5.74, 6) is 0.0742. The second-order valence-electron chi connectivity index (χ2n) is 4.43. The van der Waals surface area contributed by atoms with Gasteiger partial charge in [0.05, 0.1) is 0 Å². The first-order valence-corrected chi connectivity index (χ1v) is 6.95. The molecule has 1 rings (SSSR count). The summed E-state index contributed by atoms with van der Waals surface area (Å²) < 4.78 is 0. The zero-order valence-corrected chi connectivity index (χ0v) is 14.6. The average molecular weight is 336 g/mol. The van der Waals surface area contributed by atoms with Crippen LogP contribution < -0.4 is 10.6 Å². The highest BCUT2D eigenvalue weighted by Gasteiger charge is 2.25. The van der Waals surface area contributed by atoms with E-state index in [0.717, 1.165) is 25.2 Å². The molecule has 1 aromatic carbocycles. The molecule has 1 atom stereocenters. The summed E-state index contributed by atoms with van der Waals surface area (Å²) in [6.07, 6.45) is 0. The van der Waals surface area contributed by atoms with E-state index in [0.29, 0.717) is 6.54 Å². The van der Waals surface area contributed by atoms with Crippen LogP contribution in [0.5, 0.6) is 0 Å². The maximum atomic E-state index is 12.4. The van der Waals surface area contributed by atoms with Crippen LogP contribution >= 0.6 is 24.8 Å². The molecule has 0 spiro atoms. The molecular formula is C15H27Cl2N3O. The SMILES string of the molecule is CCN(CC)C(C(=O)NCCNC)c1ccccc1.Cl.Cl. The van der Waals surface area contributed by atoms with Crippen LogP contribution in [0.15, 0.2) is 30.3 Å². The summed E-state index contributed by atoms with van der Waals surface area (Å²) in [6, 6.07) is 9.76. The Morgan fingerprint density at radius 1 is 1.10 bits per heavy atom. The van der Waals surface area contributed by atoms with Crippen LogP contribution in [0.4, 0.5) is 0 Å². The molecule has 0 radical (unpaired) electrons. The number of rotatable bonds is 8. The molecule has 0 aromatic heterocycles. The molecule has 1 aromatic rings. The van der Waals surface area contributed by atoms with Crippen LogP contribution in [-0.2, 0) is 4.79 Å². The van der Waals surface area contributed by atoms with E-state index in [-0.39, 0.29) is 36.8 Å². The van der Waals surface area contributed by atoms with Crippen molar-refractivity contribution in [2.45, 2.75) is 19.9 Å². The zero-order valence-electron chi connectivity index (χ0n) is 13.0. The molecule has 0 bridgehead atoms. The molecule has 4 nitrogen and oxygen atoms in total. The number of hydrogen-bond acceptors (Lipinski definition) is 3. The Morgan fingerprint density at radius 3 is 2.14 bits per heavy atom. The molecule has 2 N–H and O–H groups in total. The van der Waals surface area contributed by atoms with Crippen molar-refractivity contribution in [1.29, 1.82) is 0 Å². The normalized spacial score (nSPS) is 11.2. The second kappa shape index (κ2) is 12.9. The molecule has 0 aliphatic rings. The fourth-order valence-corrected chi connectivity index (χ4v) is 2.16. The van der Waals surface area contributed by atoms with Gasteiger partial charge < -0.3 is 10.6 Å². The van der Waals surface area contributed by atoms with Gasteiger partial charge >= 0.3 is 0 Å². The van der Waals surface area contributed by atoms with E-state index < -0.39 is 0 Å². The maximum Gasteiger partial charge on any atom is 0.242 e. The van der Waals surface area contributed by atoms with Crippen LogP contribution in [0.1, 0.15) is 25.5 Å². The average Bonchev–Trinajstić information content (AvgIpc) is 2.45. The number of hydrogen-bond donors (Lipinski definition) is 2. The molecule has 21 heavy (non-hydrogen) atoms. The fourth-order valence-electron chi connectivity index (χ4n) is 2.16. The third kappa shape index (κ3) is 7.14. The van der Waals surface area contributed by atoms with E-state index in [1.54, 1.807) is 0 Å². The molecule has 0 aliphatic heterocycles. The number of nitrogens with zero attached hydrogens (tertiary/aromatic N) is 1. The van der Waals surface area contributed by atoms with E-state index in [1.165, 1.54) is 0 Å². The second-order valence-corrected chi connectivity index (χ2v) is 4.43. The van der Waals surface area contributed by atoms with Gasteiger partial charge in [0.1, 0.15) is 6.04 Å². The van der Waals surface area contributed by atoms with Crippen LogP contribution in [0.25, 0.3) is 0 Å². The molecule has 0 saturated heterocycles. The first kappa shape index (κ1) is 22.5. The fraction of sp³-hybridized carbons (Fsp3) is 0.533. The summed E-state index contributed by atoms with van der Waals surface area (Å²) in [4.78, 5) is 14.6. The minimum Gasteiger partial charge on any atom is -0.353 e. The minimum atomic E-state index is -0.201. The summed E-state index contributed by atoms with van der Waals surface area (Å²) >= 11 is 0.